The van der Waals surface area contributed by atoms with E-state index >= 15 is 0 Å². The number of fused-ring (bicyclic) bond motifs is 1. The van der Waals surface area contributed by atoms with E-state index in [-0.39, 0.29) is 29.9 Å². The highest BCUT2D eigenvalue weighted by atomic mass is 19.4. The predicted octanol–water partition coefficient (Wildman–Crippen LogP) is 3.53. The zero-order chi connectivity index (χ0) is 22.7. The van der Waals surface area contributed by atoms with Gasteiger partial charge in [0.2, 0.25) is 5.82 Å². The highest BCUT2D eigenvalue weighted by Crippen LogP contribution is 2.29. The standard InChI is InChI=1S/C20H16F3N7O2/c1-32-11-17(31)27-16-10-12(7-8-24-16)25-19-14-5-3-9-30(14)29-18(28-19)13-4-2-6-15(26-13)20(21,22)23/h2-10H,11H2,1H3,(H2,24,25,27,28,29,31). The van der Waals surface area contributed by atoms with Crippen LogP contribution in [0.15, 0.2) is 54.9 Å². The topological polar surface area (TPSA) is 106 Å². The Hall–Kier alpha value is -4.06. The third kappa shape index (κ3) is 4.64. The summed E-state index contributed by atoms with van der Waals surface area (Å²) in [5.41, 5.74) is 0.0620. The molecule has 0 aliphatic carbocycles. The Morgan fingerprint density at radius 3 is 2.78 bits per heavy atom. The number of aromatic nitrogens is 5. The number of nitrogens with one attached hydrogen (secondary N) is 2. The van der Waals surface area contributed by atoms with Crippen molar-refractivity contribution >= 4 is 28.7 Å². The summed E-state index contributed by atoms with van der Waals surface area (Å²) in [4.78, 5) is 23.8. The Morgan fingerprint density at radius 2 is 2.00 bits per heavy atom. The Balaban J connectivity index is 1.69. The molecule has 1 amide bonds. The molecule has 2 N–H and O–H groups in total. The molecule has 9 nitrogen and oxygen atoms in total. The zero-order valence-electron chi connectivity index (χ0n) is 16.6. The fourth-order valence-electron chi connectivity index (χ4n) is 2.88. The molecular weight excluding hydrogens is 427 g/mol. The lowest BCUT2D eigenvalue weighted by molar-refractivity contribution is -0.141. The van der Waals surface area contributed by atoms with Gasteiger partial charge in [0.1, 0.15) is 29.3 Å². The van der Waals surface area contributed by atoms with E-state index in [1.807, 2.05) is 0 Å². The van der Waals surface area contributed by atoms with Gasteiger partial charge < -0.3 is 15.4 Å². The van der Waals surface area contributed by atoms with Crippen molar-refractivity contribution in [3.8, 4) is 11.5 Å². The summed E-state index contributed by atoms with van der Waals surface area (Å²) in [5.74, 6) is 0.257. The van der Waals surface area contributed by atoms with Crippen LogP contribution < -0.4 is 10.6 Å². The molecule has 164 valence electrons. The van der Waals surface area contributed by atoms with Gasteiger partial charge in [-0.1, -0.05) is 6.07 Å². The van der Waals surface area contributed by atoms with Crippen molar-refractivity contribution in [3.63, 3.8) is 0 Å². The number of carbonyl (C=O) groups is 1. The summed E-state index contributed by atoms with van der Waals surface area (Å²) in [6.45, 7) is -0.122. The van der Waals surface area contributed by atoms with Crippen molar-refractivity contribution < 1.29 is 22.7 Å². The number of anilines is 3. The van der Waals surface area contributed by atoms with E-state index in [2.05, 4.69) is 30.7 Å². The normalized spacial score (nSPS) is 11.5. The molecule has 0 saturated carbocycles. The number of rotatable bonds is 6. The molecule has 0 fully saturated rings. The first-order chi connectivity index (χ1) is 15.3. The van der Waals surface area contributed by atoms with Crippen molar-refractivity contribution in [3.05, 3.63) is 60.6 Å². The summed E-state index contributed by atoms with van der Waals surface area (Å²) in [6, 6.07) is 10.2. The fraction of sp³-hybridized carbons (Fsp3) is 0.150. The number of hydrogen-bond acceptors (Lipinski definition) is 7. The molecular formula is C20H16F3N7O2. The van der Waals surface area contributed by atoms with Gasteiger partial charge in [-0.05, 0) is 30.3 Å². The van der Waals surface area contributed by atoms with Crippen LogP contribution in [0.25, 0.3) is 17.0 Å². The Bertz CT molecular complexity index is 1270. The number of pyridine rings is 2. The lowest BCUT2D eigenvalue weighted by atomic mass is 10.3. The monoisotopic (exact) mass is 443 g/mol. The Kier molecular flexibility index (Phi) is 5.69. The van der Waals surface area contributed by atoms with Crippen molar-refractivity contribution in [2.24, 2.45) is 0 Å². The van der Waals surface area contributed by atoms with Gasteiger partial charge in [0, 0.05) is 31.3 Å². The second-order valence-electron chi connectivity index (χ2n) is 6.56. The summed E-state index contributed by atoms with van der Waals surface area (Å²) in [5, 5.41) is 9.94. The third-order valence-corrected chi connectivity index (χ3v) is 4.23. The summed E-state index contributed by atoms with van der Waals surface area (Å²) in [7, 11) is 1.40. The third-order valence-electron chi connectivity index (χ3n) is 4.23. The number of hydrogen-bond donors (Lipinski definition) is 2. The minimum absolute atomic E-state index is 0.00461. The second-order valence-corrected chi connectivity index (χ2v) is 6.56. The van der Waals surface area contributed by atoms with Crippen molar-refractivity contribution in [2.45, 2.75) is 6.18 Å². The largest absolute Gasteiger partial charge is 0.433 e. The van der Waals surface area contributed by atoms with Gasteiger partial charge in [-0.25, -0.2) is 19.5 Å². The van der Waals surface area contributed by atoms with Crippen molar-refractivity contribution in [1.82, 2.24) is 24.6 Å². The Labute approximate surface area is 179 Å². The maximum Gasteiger partial charge on any atom is 0.433 e. The average Bonchev–Trinajstić information content (AvgIpc) is 3.23. The lowest BCUT2D eigenvalue weighted by Crippen LogP contribution is -2.17. The van der Waals surface area contributed by atoms with Gasteiger partial charge in [-0.2, -0.15) is 13.2 Å². The molecule has 0 radical (unpaired) electrons. The molecule has 12 heteroatoms. The smallest absolute Gasteiger partial charge is 0.375 e. The first-order valence-corrected chi connectivity index (χ1v) is 9.25. The van der Waals surface area contributed by atoms with Crippen LogP contribution in [0, 0.1) is 0 Å². The van der Waals surface area contributed by atoms with E-state index in [9.17, 15) is 18.0 Å². The van der Waals surface area contributed by atoms with Gasteiger partial charge in [0.25, 0.3) is 5.91 Å². The molecule has 4 aromatic rings. The molecule has 32 heavy (non-hydrogen) atoms. The molecule has 0 aliphatic heterocycles. The highest BCUT2D eigenvalue weighted by Gasteiger charge is 2.32. The van der Waals surface area contributed by atoms with Gasteiger partial charge >= 0.3 is 6.18 Å². The molecule has 0 aliphatic rings. The number of amides is 1. The summed E-state index contributed by atoms with van der Waals surface area (Å²) >= 11 is 0. The minimum Gasteiger partial charge on any atom is -0.375 e. The number of alkyl halides is 3. The number of nitrogens with zero attached hydrogens (tertiary/aromatic N) is 5. The molecule has 0 atom stereocenters. The first kappa shape index (κ1) is 21.2. The van der Waals surface area contributed by atoms with Crippen LogP contribution in [-0.4, -0.2) is 44.2 Å². The maximum atomic E-state index is 13.1. The lowest BCUT2D eigenvalue weighted by Gasteiger charge is -2.11. The molecule has 4 heterocycles. The first-order valence-electron chi connectivity index (χ1n) is 9.25. The zero-order valence-corrected chi connectivity index (χ0v) is 16.6. The molecule has 4 rings (SSSR count). The van der Waals surface area contributed by atoms with Gasteiger partial charge in [-0.3, -0.25) is 4.79 Å². The predicted molar refractivity (Wildman–Crippen MR) is 109 cm³/mol. The molecule has 0 unspecified atom stereocenters. The summed E-state index contributed by atoms with van der Waals surface area (Å²) in [6.07, 6.45) is -1.46. The van der Waals surface area contributed by atoms with Gasteiger partial charge in [-0.15, -0.1) is 5.10 Å². The van der Waals surface area contributed by atoms with Crippen LogP contribution in [0.5, 0.6) is 0 Å². The maximum absolute atomic E-state index is 13.1. The van der Waals surface area contributed by atoms with E-state index in [0.717, 1.165) is 6.07 Å². The van der Waals surface area contributed by atoms with Crippen molar-refractivity contribution in [1.29, 1.82) is 0 Å². The number of ether oxygens (including phenoxy) is 1. The molecule has 0 aromatic carbocycles. The number of carbonyl (C=O) groups excluding carboxylic acids is 1. The van der Waals surface area contributed by atoms with Gasteiger partial charge in [0.15, 0.2) is 5.82 Å². The average molecular weight is 443 g/mol. The Morgan fingerprint density at radius 1 is 1.16 bits per heavy atom. The molecule has 0 saturated heterocycles. The number of halogens is 3. The second kappa shape index (κ2) is 8.59. The SMILES string of the molecule is COCC(=O)Nc1cc(Nc2nc(-c3cccc(C(F)(F)F)n3)nn3cccc23)ccn1. The van der Waals surface area contributed by atoms with Crippen molar-refractivity contribution in [2.75, 3.05) is 24.4 Å². The summed E-state index contributed by atoms with van der Waals surface area (Å²) < 4.78 is 45.5. The van der Waals surface area contributed by atoms with Crippen LogP contribution in [-0.2, 0) is 15.7 Å². The van der Waals surface area contributed by atoms with Crippen LogP contribution in [0.2, 0.25) is 0 Å². The van der Waals surface area contributed by atoms with Crippen LogP contribution in [0.4, 0.5) is 30.5 Å². The van der Waals surface area contributed by atoms with E-state index in [1.165, 1.54) is 30.0 Å². The quantitative estimate of drug-likeness (QED) is 0.470. The van der Waals surface area contributed by atoms with E-state index in [0.29, 0.717) is 17.0 Å². The fourth-order valence-corrected chi connectivity index (χ4v) is 2.88. The van der Waals surface area contributed by atoms with Crippen LogP contribution in [0.3, 0.4) is 0 Å². The minimum atomic E-state index is -4.59. The van der Waals surface area contributed by atoms with Crippen LogP contribution in [0.1, 0.15) is 5.69 Å². The molecule has 0 spiro atoms. The van der Waals surface area contributed by atoms with E-state index in [1.54, 1.807) is 30.5 Å². The number of methoxy groups -OCH3 is 1. The molecule has 0 bridgehead atoms. The highest BCUT2D eigenvalue weighted by molar-refractivity contribution is 5.91. The van der Waals surface area contributed by atoms with E-state index in [4.69, 9.17) is 4.74 Å². The van der Waals surface area contributed by atoms with E-state index < -0.39 is 11.9 Å². The van der Waals surface area contributed by atoms with Crippen LogP contribution >= 0.6 is 0 Å². The van der Waals surface area contributed by atoms with Gasteiger partial charge in [0.05, 0.1) is 0 Å². The molecule has 4 aromatic heterocycles.